The monoisotopic (exact) mass is 281 g/mol. The van der Waals surface area contributed by atoms with Crippen LogP contribution < -0.4 is 4.74 Å². The zero-order valence-corrected chi connectivity index (χ0v) is 11.4. The Morgan fingerprint density at radius 1 is 1.05 bits per heavy atom. The summed E-state index contributed by atoms with van der Waals surface area (Å²) >= 11 is 0. The van der Waals surface area contributed by atoms with Crippen molar-refractivity contribution in [2.45, 2.75) is 6.61 Å². The molecule has 0 saturated heterocycles. The summed E-state index contributed by atoms with van der Waals surface area (Å²) in [6.45, 7) is -0.145. The number of aliphatic hydroxyl groups is 1. The quantitative estimate of drug-likeness (QED) is 0.800. The molecule has 0 unspecified atom stereocenters. The predicted molar refractivity (Wildman–Crippen MR) is 80.4 cm³/mol. The van der Waals surface area contributed by atoms with Crippen LogP contribution in [0.4, 0.5) is 0 Å². The normalized spacial score (nSPS) is 10.7. The van der Waals surface area contributed by atoms with Crippen molar-refractivity contribution in [2.75, 3.05) is 6.61 Å². The number of carbonyl (C=O) groups excluding carboxylic acids is 1. The highest BCUT2D eigenvalue weighted by Crippen LogP contribution is 2.21. The third-order valence-electron chi connectivity index (χ3n) is 3.34. The Bertz CT molecular complexity index is 762. The predicted octanol–water partition coefficient (Wildman–Crippen LogP) is 2.85. The summed E-state index contributed by atoms with van der Waals surface area (Å²) in [4.78, 5) is 12.3. The smallest absolute Gasteiger partial charge is 0.268 e. The molecule has 4 heteroatoms. The number of aliphatic hydroxyl groups excluding tert-OH is 1. The van der Waals surface area contributed by atoms with Gasteiger partial charge in [0.05, 0.1) is 12.1 Å². The molecule has 1 heterocycles. The van der Waals surface area contributed by atoms with Crippen LogP contribution in [-0.2, 0) is 6.61 Å². The van der Waals surface area contributed by atoms with Crippen molar-refractivity contribution in [1.29, 1.82) is 0 Å². The summed E-state index contributed by atoms with van der Waals surface area (Å²) in [6, 6.07) is 16.7. The van der Waals surface area contributed by atoms with Crippen molar-refractivity contribution in [3.8, 4) is 5.75 Å². The van der Waals surface area contributed by atoms with Crippen LogP contribution >= 0.6 is 0 Å². The van der Waals surface area contributed by atoms with Gasteiger partial charge in [0.25, 0.3) is 5.91 Å². The van der Waals surface area contributed by atoms with E-state index in [2.05, 4.69) is 0 Å². The first-order valence-corrected chi connectivity index (χ1v) is 6.70. The van der Waals surface area contributed by atoms with Crippen LogP contribution in [0.5, 0.6) is 5.75 Å². The lowest BCUT2D eigenvalue weighted by molar-refractivity contribution is 0.0843. The second-order valence-electron chi connectivity index (χ2n) is 4.70. The lowest BCUT2D eigenvalue weighted by Crippen LogP contribution is -2.18. The van der Waals surface area contributed by atoms with Gasteiger partial charge in [-0.25, -0.2) is 0 Å². The van der Waals surface area contributed by atoms with E-state index in [-0.39, 0.29) is 19.1 Å². The number of nitrogens with zero attached hydrogens (tertiary/aromatic N) is 1. The van der Waals surface area contributed by atoms with Gasteiger partial charge in [-0.05, 0) is 18.2 Å². The Kier molecular flexibility index (Phi) is 3.71. The Balaban J connectivity index is 1.85. The number of rotatable bonds is 4. The van der Waals surface area contributed by atoms with Gasteiger partial charge in [0.15, 0.2) is 6.61 Å². The Labute approximate surface area is 122 Å². The number of hydrogen-bond acceptors (Lipinski definition) is 3. The molecule has 3 aromatic rings. The van der Waals surface area contributed by atoms with Gasteiger partial charge in [-0.2, -0.15) is 0 Å². The molecule has 0 aliphatic heterocycles. The highest BCUT2D eigenvalue weighted by atomic mass is 16.5. The van der Waals surface area contributed by atoms with Crippen LogP contribution in [-0.4, -0.2) is 22.2 Å². The minimum Gasteiger partial charge on any atom is -0.484 e. The van der Waals surface area contributed by atoms with Crippen molar-refractivity contribution < 1.29 is 14.6 Å². The maximum Gasteiger partial charge on any atom is 0.268 e. The molecule has 3 rings (SSSR count). The molecular weight excluding hydrogens is 266 g/mol. The van der Waals surface area contributed by atoms with Crippen molar-refractivity contribution in [2.24, 2.45) is 0 Å². The molecule has 0 spiro atoms. The fourth-order valence-corrected chi connectivity index (χ4v) is 2.31. The van der Waals surface area contributed by atoms with E-state index in [0.29, 0.717) is 5.75 Å². The molecule has 0 bridgehead atoms. The third kappa shape index (κ3) is 2.66. The molecule has 2 aromatic carbocycles. The minimum absolute atomic E-state index is 0.0481. The van der Waals surface area contributed by atoms with Gasteiger partial charge in [-0.3, -0.25) is 9.36 Å². The SMILES string of the molecule is O=C(COc1ccccc1)n1cc(CO)c2ccccc21. The van der Waals surface area contributed by atoms with Crippen LogP contribution in [0.25, 0.3) is 10.9 Å². The van der Waals surface area contributed by atoms with E-state index < -0.39 is 0 Å². The Morgan fingerprint density at radius 2 is 1.76 bits per heavy atom. The summed E-state index contributed by atoms with van der Waals surface area (Å²) in [5.74, 6) is 0.486. The van der Waals surface area contributed by atoms with Gasteiger partial charge >= 0.3 is 0 Å². The molecular formula is C17H15NO3. The maximum absolute atomic E-state index is 12.3. The lowest BCUT2D eigenvalue weighted by Gasteiger charge is -2.06. The highest BCUT2D eigenvalue weighted by molar-refractivity contribution is 5.95. The molecule has 0 amide bonds. The largest absolute Gasteiger partial charge is 0.484 e. The first-order valence-electron chi connectivity index (χ1n) is 6.70. The Morgan fingerprint density at radius 3 is 2.52 bits per heavy atom. The number of ether oxygens (including phenoxy) is 1. The van der Waals surface area contributed by atoms with Crippen LogP contribution in [0.3, 0.4) is 0 Å². The average molecular weight is 281 g/mol. The second-order valence-corrected chi connectivity index (χ2v) is 4.70. The van der Waals surface area contributed by atoms with E-state index in [0.717, 1.165) is 16.5 Å². The van der Waals surface area contributed by atoms with Gasteiger partial charge in [0, 0.05) is 17.1 Å². The summed E-state index contributed by atoms with van der Waals surface area (Å²) in [6.07, 6.45) is 1.67. The minimum atomic E-state index is -0.172. The molecule has 0 aliphatic carbocycles. The number of para-hydroxylation sites is 2. The molecule has 106 valence electrons. The second kappa shape index (κ2) is 5.81. The van der Waals surface area contributed by atoms with Gasteiger partial charge in [0.1, 0.15) is 5.75 Å². The molecule has 0 radical (unpaired) electrons. The zero-order chi connectivity index (χ0) is 14.7. The standard InChI is InChI=1S/C17H15NO3/c19-11-13-10-18(16-9-5-4-8-15(13)16)17(20)12-21-14-6-2-1-3-7-14/h1-10,19H,11-12H2. The van der Waals surface area contributed by atoms with Gasteiger partial charge in [-0.1, -0.05) is 36.4 Å². The average Bonchev–Trinajstić information content (AvgIpc) is 2.92. The molecule has 21 heavy (non-hydrogen) atoms. The van der Waals surface area contributed by atoms with E-state index in [1.54, 1.807) is 18.3 Å². The first kappa shape index (κ1) is 13.4. The lowest BCUT2D eigenvalue weighted by atomic mass is 10.2. The number of fused-ring (bicyclic) bond motifs is 1. The van der Waals surface area contributed by atoms with Crippen molar-refractivity contribution >= 4 is 16.8 Å². The fourth-order valence-electron chi connectivity index (χ4n) is 2.31. The highest BCUT2D eigenvalue weighted by Gasteiger charge is 2.13. The van der Waals surface area contributed by atoms with Crippen molar-refractivity contribution in [3.05, 3.63) is 66.4 Å². The molecule has 4 nitrogen and oxygen atoms in total. The van der Waals surface area contributed by atoms with Gasteiger partial charge in [-0.15, -0.1) is 0 Å². The summed E-state index contributed by atoms with van der Waals surface area (Å²) in [7, 11) is 0. The molecule has 0 atom stereocenters. The first-order chi connectivity index (χ1) is 10.3. The molecule has 1 N–H and O–H groups in total. The van der Waals surface area contributed by atoms with E-state index in [1.165, 1.54) is 4.57 Å². The topological polar surface area (TPSA) is 51.5 Å². The summed E-state index contributed by atoms with van der Waals surface area (Å²) < 4.78 is 7.01. The van der Waals surface area contributed by atoms with Crippen LogP contribution in [0.1, 0.15) is 10.4 Å². The maximum atomic E-state index is 12.3. The van der Waals surface area contributed by atoms with E-state index in [1.807, 2.05) is 42.5 Å². The number of aromatic nitrogens is 1. The number of carbonyl (C=O) groups is 1. The molecule has 0 aliphatic rings. The van der Waals surface area contributed by atoms with Crippen molar-refractivity contribution in [3.63, 3.8) is 0 Å². The van der Waals surface area contributed by atoms with Gasteiger partial charge in [0.2, 0.25) is 0 Å². The fraction of sp³-hybridized carbons (Fsp3) is 0.118. The van der Waals surface area contributed by atoms with E-state index in [4.69, 9.17) is 4.74 Å². The van der Waals surface area contributed by atoms with E-state index >= 15 is 0 Å². The Hall–Kier alpha value is -2.59. The molecule has 0 saturated carbocycles. The molecule has 1 aromatic heterocycles. The van der Waals surface area contributed by atoms with Crippen molar-refractivity contribution in [1.82, 2.24) is 4.57 Å². The zero-order valence-electron chi connectivity index (χ0n) is 11.4. The molecule has 0 fully saturated rings. The van der Waals surface area contributed by atoms with Crippen LogP contribution in [0.15, 0.2) is 60.8 Å². The third-order valence-corrected chi connectivity index (χ3v) is 3.34. The van der Waals surface area contributed by atoms with E-state index in [9.17, 15) is 9.90 Å². The summed E-state index contributed by atoms with van der Waals surface area (Å²) in [5, 5.41) is 10.3. The van der Waals surface area contributed by atoms with Crippen LogP contribution in [0, 0.1) is 0 Å². The number of hydrogen-bond donors (Lipinski definition) is 1. The summed E-state index contributed by atoms with van der Waals surface area (Å²) in [5.41, 5.74) is 1.52. The van der Waals surface area contributed by atoms with Crippen LogP contribution in [0.2, 0.25) is 0 Å². The number of benzene rings is 2. The van der Waals surface area contributed by atoms with Gasteiger partial charge < -0.3 is 9.84 Å².